The van der Waals surface area contributed by atoms with Gasteiger partial charge in [0.2, 0.25) is 5.91 Å². The summed E-state index contributed by atoms with van der Waals surface area (Å²) in [7, 11) is 0. The standard InChI is InChI=1S/C15H21NO4/c1-2-7-13(15(18)19)16-14(17)10-6-11-20-12-8-4-3-5-9-12/h3-5,8-9,13H,2,6-7,10-11H2,1H3,(H,16,17)(H,18,19). The summed E-state index contributed by atoms with van der Waals surface area (Å²) in [6, 6.07) is 8.57. The molecular weight excluding hydrogens is 258 g/mol. The first-order valence-corrected chi connectivity index (χ1v) is 6.83. The Morgan fingerprint density at radius 1 is 1.30 bits per heavy atom. The van der Waals surface area contributed by atoms with E-state index in [0.29, 0.717) is 25.9 Å². The number of hydrogen-bond donors (Lipinski definition) is 2. The van der Waals surface area contributed by atoms with Crippen molar-refractivity contribution in [3.05, 3.63) is 30.3 Å². The normalized spacial score (nSPS) is 11.7. The summed E-state index contributed by atoms with van der Waals surface area (Å²) in [6.45, 7) is 2.32. The van der Waals surface area contributed by atoms with Crippen molar-refractivity contribution < 1.29 is 19.4 Å². The summed E-state index contributed by atoms with van der Waals surface area (Å²) in [5, 5.41) is 11.5. The topological polar surface area (TPSA) is 75.6 Å². The van der Waals surface area contributed by atoms with Gasteiger partial charge in [-0.15, -0.1) is 0 Å². The lowest BCUT2D eigenvalue weighted by Crippen LogP contribution is -2.40. The summed E-state index contributed by atoms with van der Waals surface area (Å²) >= 11 is 0. The van der Waals surface area contributed by atoms with Gasteiger partial charge in [-0.1, -0.05) is 31.5 Å². The van der Waals surface area contributed by atoms with Crippen LogP contribution in [0.3, 0.4) is 0 Å². The molecule has 5 heteroatoms. The van der Waals surface area contributed by atoms with Crippen LogP contribution in [0.4, 0.5) is 0 Å². The van der Waals surface area contributed by atoms with Crippen LogP contribution in [-0.4, -0.2) is 29.6 Å². The van der Waals surface area contributed by atoms with Gasteiger partial charge in [-0.05, 0) is 25.0 Å². The largest absolute Gasteiger partial charge is 0.494 e. The van der Waals surface area contributed by atoms with Crippen LogP contribution in [0.1, 0.15) is 32.6 Å². The Morgan fingerprint density at radius 3 is 2.60 bits per heavy atom. The third-order valence-corrected chi connectivity index (χ3v) is 2.77. The number of ether oxygens (including phenoxy) is 1. The third kappa shape index (κ3) is 6.22. The lowest BCUT2D eigenvalue weighted by molar-refractivity contribution is -0.142. The first-order chi connectivity index (χ1) is 9.63. The maximum atomic E-state index is 11.6. The zero-order valence-corrected chi connectivity index (χ0v) is 11.7. The van der Waals surface area contributed by atoms with Crippen molar-refractivity contribution in [2.45, 2.75) is 38.6 Å². The quantitative estimate of drug-likeness (QED) is 0.680. The second kappa shape index (κ2) is 8.96. The fourth-order valence-corrected chi connectivity index (χ4v) is 1.75. The highest BCUT2D eigenvalue weighted by atomic mass is 16.5. The van der Waals surface area contributed by atoms with Crippen LogP contribution in [-0.2, 0) is 9.59 Å². The van der Waals surface area contributed by atoms with Crippen molar-refractivity contribution in [1.29, 1.82) is 0 Å². The average Bonchev–Trinajstić information content (AvgIpc) is 2.44. The molecule has 20 heavy (non-hydrogen) atoms. The molecule has 1 rings (SSSR count). The van der Waals surface area contributed by atoms with Crippen LogP contribution >= 0.6 is 0 Å². The molecule has 0 saturated heterocycles. The fraction of sp³-hybridized carbons (Fsp3) is 0.467. The van der Waals surface area contributed by atoms with Crippen molar-refractivity contribution in [2.24, 2.45) is 0 Å². The molecule has 1 atom stereocenters. The second-order valence-electron chi connectivity index (χ2n) is 4.51. The molecule has 1 aromatic carbocycles. The van der Waals surface area contributed by atoms with Gasteiger partial charge >= 0.3 is 5.97 Å². The molecule has 0 heterocycles. The first-order valence-electron chi connectivity index (χ1n) is 6.83. The van der Waals surface area contributed by atoms with Crippen molar-refractivity contribution >= 4 is 11.9 Å². The number of nitrogens with one attached hydrogen (secondary N) is 1. The Morgan fingerprint density at radius 2 is 2.00 bits per heavy atom. The molecule has 2 N–H and O–H groups in total. The average molecular weight is 279 g/mol. The number of carboxylic acid groups (broad SMARTS) is 1. The molecular formula is C15H21NO4. The Labute approximate surface area is 118 Å². The van der Waals surface area contributed by atoms with Gasteiger partial charge in [-0.25, -0.2) is 4.79 Å². The molecule has 0 spiro atoms. The number of hydrogen-bond acceptors (Lipinski definition) is 3. The van der Waals surface area contributed by atoms with E-state index in [1.165, 1.54) is 0 Å². The summed E-state index contributed by atoms with van der Waals surface area (Å²) in [5.74, 6) is -0.467. The van der Waals surface area contributed by atoms with E-state index < -0.39 is 12.0 Å². The van der Waals surface area contributed by atoms with E-state index in [9.17, 15) is 9.59 Å². The number of carbonyl (C=O) groups is 2. The molecule has 110 valence electrons. The maximum Gasteiger partial charge on any atom is 0.326 e. The summed E-state index contributed by atoms with van der Waals surface area (Å²) < 4.78 is 5.46. The lowest BCUT2D eigenvalue weighted by Gasteiger charge is -2.13. The second-order valence-corrected chi connectivity index (χ2v) is 4.51. The monoisotopic (exact) mass is 279 g/mol. The van der Waals surface area contributed by atoms with E-state index in [4.69, 9.17) is 9.84 Å². The highest BCUT2D eigenvalue weighted by molar-refractivity contribution is 5.83. The smallest absolute Gasteiger partial charge is 0.326 e. The zero-order valence-electron chi connectivity index (χ0n) is 11.7. The molecule has 1 amide bonds. The predicted octanol–water partition coefficient (Wildman–Crippen LogP) is 2.22. The molecule has 0 bridgehead atoms. The SMILES string of the molecule is CCCC(NC(=O)CCCOc1ccccc1)C(=O)O. The Balaban J connectivity index is 2.21. The van der Waals surface area contributed by atoms with Crippen LogP contribution in [0, 0.1) is 0 Å². The minimum absolute atomic E-state index is 0.248. The van der Waals surface area contributed by atoms with Gasteiger partial charge in [0.25, 0.3) is 0 Å². The lowest BCUT2D eigenvalue weighted by atomic mass is 10.1. The molecule has 0 radical (unpaired) electrons. The summed E-state index contributed by atoms with van der Waals surface area (Å²) in [4.78, 5) is 22.5. The Kier molecular flexibility index (Phi) is 7.17. The van der Waals surface area contributed by atoms with Crippen LogP contribution in [0.2, 0.25) is 0 Å². The number of aliphatic carboxylic acids is 1. The molecule has 1 unspecified atom stereocenters. The van der Waals surface area contributed by atoms with Gasteiger partial charge < -0.3 is 15.2 Å². The molecule has 0 saturated carbocycles. The first kappa shape index (κ1) is 16.0. The number of carbonyl (C=O) groups excluding carboxylic acids is 1. The number of benzene rings is 1. The minimum Gasteiger partial charge on any atom is -0.494 e. The van der Waals surface area contributed by atoms with Gasteiger partial charge in [0, 0.05) is 6.42 Å². The van der Waals surface area contributed by atoms with E-state index in [-0.39, 0.29) is 12.3 Å². The molecule has 0 aliphatic rings. The van der Waals surface area contributed by atoms with E-state index in [1.807, 2.05) is 37.3 Å². The number of para-hydroxylation sites is 1. The number of carboxylic acids is 1. The Hall–Kier alpha value is -2.04. The number of rotatable bonds is 9. The molecule has 5 nitrogen and oxygen atoms in total. The zero-order chi connectivity index (χ0) is 14.8. The Bertz CT molecular complexity index is 419. The minimum atomic E-state index is -0.985. The van der Waals surface area contributed by atoms with Gasteiger partial charge in [-0.2, -0.15) is 0 Å². The molecule has 1 aromatic rings. The van der Waals surface area contributed by atoms with E-state index in [1.54, 1.807) is 0 Å². The maximum absolute atomic E-state index is 11.6. The third-order valence-electron chi connectivity index (χ3n) is 2.77. The van der Waals surface area contributed by atoms with E-state index >= 15 is 0 Å². The van der Waals surface area contributed by atoms with Crippen LogP contribution < -0.4 is 10.1 Å². The van der Waals surface area contributed by atoms with Crippen molar-refractivity contribution in [3.63, 3.8) is 0 Å². The molecule has 0 aliphatic carbocycles. The van der Waals surface area contributed by atoms with Gasteiger partial charge in [-0.3, -0.25) is 4.79 Å². The van der Waals surface area contributed by atoms with Crippen molar-refractivity contribution in [1.82, 2.24) is 5.32 Å². The van der Waals surface area contributed by atoms with Crippen molar-refractivity contribution in [2.75, 3.05) is 6.61 Å². The van der Waals surface area contributed by atoms with Crippen LogP contribution in [0.15, 0.2) is 30.3 Å². The van der Waals surface area contributed by atoms with Crippen LogP contribution in [0.25, 0.3) is 0 Å². The fourth-order valence-electron chi connectivity index (χ4n) is 1.75. The van der Waals surface area contributed by atoms with Crippen molar-refractivity contribution in [3.8, 4) is 5.75 Å². The highest BCUT2D eigenvalue weighted by Gasteiger charge is 2.18. The highest BCUT2D eigenvalue weighted by Crippen LogP contribution is 2.08. The van der Waals surface area contributed by atoms with Gasteiger partial charge in [0.05, 0.1) is 6.61 Å². The molecule has 0 aliphatic heterocycles. The van der Waals surface area contributed by atoms with E-state index in [0.717, 1.165) is 5.75 Å². The van der Waals surface area contributed by atoms with E-state index in [2.05, 4.69) is 5.32 Å². The van der Waals surface area contributed by atoms with Gasteiger partial charge in [0.1, 0.15) is 11.8 Å². The molecule has 0 aromatic heterocycles. The summed E-state index contributed by atoms with van der Waals surface area (Å²) in [5.41, 5.74) is 0. The summed E-state index contributed by atoms with van der Waals surface area (Å²) in [6.07, 6.45) is 1.98. The molecule has 0 fully saturated rings. The van der Waals surface area contributed by atoms with Crippen LogP contribution in [0.5, 0.6) is 5.75 Å². The van der Waals surface area contributed by atoms with Gasteiger partial charge in [0.15, 0.2) is 0 Å². The predicted molar refractivity (Wildman–Crippen MR) is 75.6 cm³/mol. The number of amides is 1.